The minimum absolute atomic E-state index is 0.0839. The number of phenolic OH excluding ortho intramolecular Hbond substituents is 1. The molecule has 0 aliphatic carbocycles. The van der Waals surface area contributed by atoms with E-state index in [-0.39, 0.29) is 36.5 Å². The van der Waals surface area contributed by atoms with E-state index in [2.05, 4.69) is 37.6 Å². The summed E-state index contributed by atoms with van der Waals surface area (Å²) in [6, 6.07) is 31.3. The lowest BCUT2D eigenvalue weighted by Gasteiger charge is -2.31. The highest BCUT2D eigenvalue weighted by atomic mass is 16.7. The minimum atomic E-state index is -0.654. The van der Waals surface area contributed by atoms with Crippen LogP contribution in [0.25, 0.3) is 0 Å². The van der Waals surface area contributed by atoms with E-state index in [1.165, 1.54) is 11.1 Å². The molecule has 70 heavy (non-hydrogen) atoms. The van der Waals surface area contributed by atoms with E-state index in [0.29, 0.717) is 48.7 Å². The van der Waals surface area contributed by atoms with Crippen LogP contribution in [0.3, 0.4) is 0 Å². The molecule has 4 rings (SSSR count). The number of hydrogen-bond acceptors (Lipinski definition) is 12. The Kier molecular flexibility index (Phi) is 30.7. The second-order valence-electron chi connectivity index (χ2n) is 18.0. The molecule has 0 aliphatic heterocycles. The SMILES string of the molecule is CCC(CC(C)c1ccc(O)cc1)c1ccc(OC)cc1.CCCCC(=O)OC(C)(C)C.CCOC.CCOC(C)OC(=O)CC(C)(c1ccc(OC(C)OC)cc1)c1ccc(OC(C)OCC)cc1. The van der Waals surface area contributed by atoms with Crippen LogP contribution in [-0.4, -0.2) is 82.7 Å². The van der Waals surface area contributed by atoms with Crippen molar-refractivity contribution in [1.29, 1.82) is 0 Å². The van der Waals surface area contributed by atoms with E-state index < -0.39 is 11.7 Å². The Hall–Kier alpha value is -5.14. The van der Waals surface area contributed by atoms with Crippen LogP contribution in [0.4, 0.5) is 0 Å². The van der Waals surface area contributed by atoms with Crippen LogP contribution in [0, 0.1) is 0 Å². The highest BCUT2D eigenvalue weighted by molar-refractivity contribution is 5.73. The number of carbonyl (C=O) groups is 2. The number of methoxy groups -OCH3 is 3. The molecule has 0 aliphatic rings. The maximum Gasteiger partial charge on any atom is 0.309 e. The van der Waals surface area contributed by atoms with Gasteiger partial charge in [-0.3, -0.25) is 9.59 Å². The summed E-state index contributed by atoms with van der Waals surface area (Å²) in [7, 11) is 4.96. The zero-order valence-electron chi connectivity index (χ0n) is 45.4. The fourth-order valence-corrected chi connectivity index (χ4v) is 7.15. The van der Waals surface area contributed by atoms with Gasteiger partial charge < -0.3 is 47.7 Å². The maximum atomic E-state index is 12.8. The van der Waals surface area contributed by atoms with Crippen molar-refractivity contribution in [1.82, 2.24) is 0 Å². The number of esters is 2. The summed E-state index contributed by atoms with van der Waals surface area (Å²) >= 11 is 0. The Bertz CT molecular complexity index is 1960. The quantitative estimate of drug-likeness (QED) is 0.0528. The Morgan fingerprint density at radius 1 is 0.586 bits per heavy atom. The van der Waals surface area contributed by atoms with E-state index >= 15 is 0 Å². The Morgan fingerprint density at radius 3 is 1.49 bits per heavy atom. The summed E-state index contributed by atoms with van der Waals surface area (Å²) < 4.78 is 47.8. The fraction of sp³-hybridized carbons (Fsp3) is 0.552. The van der Waals surface area contributed by atoms with Gasteiger partial charge in [0.05, 0.1) is 13.5 Å². The molecule has 0 bridgehead atoms. The molecule has 0 aromatic heterocycles. The summed E-state index contributed by atoms with van der Waals surface area (Å²) in [5.74, 6) is 3.19. The molecule has 6 unspecified atom stereocenters. The number of benzene rings is 4. The largest absolute Gasteiger partial charge is 0.508 e. The molecule has 0 spiro atoms. The highest BCUT2D eigenvalue weighted by Gasteiger charge is 2.33. The normalized spacial score (nSPS) is 13.9. The average molecular weight is 977 g/mol. The van der Waals surface area contributed by atoms with Crippen molar-refractivity contribution < 1.29 is 57.3 Å². The standard InChI is InChI=1S/C27H38O7.C19H24O2.C9H18O2.C3H8O/c1-8-30-20(4)33-25-16-12-23(13-17-25)27(6,18-26(28)34-21(5)31-9-2)22-10-14-24(15-11-22)32-19(3)29-7;1-4-15(17-7-11-19(21-3)12-8-17)13-14(2)16-5-9-18(20)10-6-16;1-5-6-7-8(10)11-9(2,3)4;1-3-4-2/h10-17,19-21H,8-9,18H2,1-7H3;5-12,14-15,20H,4,13H2,1-3H3;5-7H2,1-4H3;3H2,1-2H3. The van der Waals surface area contributed by atoms with Crippen LogP contribution in [0.15, 0.2) is 97.1 Å². The summed E-state index contributed by atoms with van der Waals surface area (Å²) in [4.78, 5) is 23.8. The lowest BCUT2D eigenvalue weighted by molar-refractivity contribution is -0.174. The van der Waals surface area contributed by atoms with Crippen molar-refractivity contribution >= 4 is 11.9 Å². The molecular weight excluding hydrogens is 889 g/mol. The van der Waals surface area contributed by atoms with Gasteiger partial charge in [-0.2, -0.15) is 0 Å². The third-order valence-corrected chi connectivity index (χ3v) is 11.1. The molecule has 0 saturated carbocycles. The second-order valence-corrected chi connectivity index (χ2v) is 18.0. The van der Waals surface area contributed by atoms with Crippen molar-refractivity contribution in [2.75, 3.05) is 41.2 Å². The summed E-state index contributed by atoms with van der Waals surface area (Å²) in [6.45, 7) is 27.2. The molecule has 12 heteroatoms. The number of hydrogen-bond donors (Lipinski definition) is 1. The molecule has 0 radical (unpaired) electrons. The van der Waals surface area contributed by atoms with E-state index in [0.717, 1.165) is 49.2 Å². The predicted molar refractivity (Wildman–Crippen MR) is 280 cm³/mol. The van der Waals surface area contributed by atoms with Gasteiger partial charge in [0.15, 0.2) is 18.9 Å². The van der Waals surface area contributed by atoms with Crippen LogP contribution in [-0.2, 0) is 43.4 Å². The van der Waals surface area contributed by atoms with Gasteiger partial charge in [-0.15, -0.1) is 0 Å². The molecule has 4 aromatic carbocycles. The van der Waals surface area contributed by atoms with Gasteiger partial charge in [-0.25, -0.2) is 0 Å². The smallest absolute Gasteiger partial charge is 0.309 e. The van der Waals surface area contributed by atoms with Crippen LogP contribution >= 0.6 is 0 Å². The third-order valence-electron chi connectivity index (χ3n) is 11.1. The van der Waals surface area contributed by atoms with Gasteiger partial charge in [0.25, 0.3) is 0 Å². The highest BCUT2D eigenvalue weighted by Crippen LogP contribution is 2.38. The fourth-order valence-electron chi connectivity index (χ4n) is 7.15. The number of rotatable bonds is 24. The maximum absolute atomic E-state index is 12.8. The third kappa shape index (κ3) is 25.1. The van der Waals surface area contributed by atoms with Crippen LogP contribution in [0.1, 0.15) is 163 Å². The predicted octanol–water partition coefficient (Wildman–Crippen LogP) is 13.7. The molecule has 6 atom stereocenters. The lowest BCUT2D eigenvalue weighted by atomic mass is 9.73. The number of phenols is 1. The molecular formula is C58H88O12. The van der Waals surface area contributed by atoms with Crippen LogP contribution in [0.2, 0.25) is 0 Å². The van der Waals surface area contributed by atoms with Gasteiger partial charge in [-0.1, -0.05) is 82.6 Å². The van der Waals surface area contributed by atoms with E-state index in [4.69, 9.17) is 37.9 Å². The van der Waals surface area contributed by atoms with Crippen LogP contribution < -0.4 is 14.2 Å². The van der Waals surface area contributed by atoms with Crippen LogP contribution in [0.5, 0.6) is 23.0 Å². The van der Waals surface area contributed by atoms with Crippen molar-refractivity contribution in [3.63, 3.8) is 0 Å². The molecule has 0 amide bonds. The van der Waals surface area contributed by atoms with Crippen molar-refractivity contribution in [2.45, 2.75) is 170 Å². The molecule has 4 aromatic rings. The molecule has 1 N–H and O–H groups in total. The molecule has 0 saturated heterocycles. The van der Waals surface area contributed by atoms with Crippen molar-refractivity contribution in [3.8, 4) is 23.0 Å². The topological polar surface area (TPSA) is 137 Å². The number of ether oxygens (including phenoxy) is 9. The van der Waals surface area contributed by atoms with E-state index in [1.54, 1.807) is 40.4 Å². The van der Waals surface area contributed by atoms with Crippen molar-refractivity contribution in [2.24, 2.45) is 0 Å². The lowest BCUT2D eigenvalue weighted by Crippen LogP contribution is -2.30. The van der Waals surface area contributed by atoms with Gasteiger partial charge >= 0.3 is 11.9 Å². The van der Waals surface area contributed by atoms with Crippen molar-refractivity contribution in [3.05, 3.63) is 119 Å². The first-order valence-corrected chi connectivity index (χ1v) is 24.9. The first-order valence-electron chi connectivity index (χ1n) is 24.9. The van der Waals surface area contributed by atoms with E-state index in [1.807, 2.05) is 135 Å². The average Bonchev–Trinajstić information content (AvgIpc) is 3.33. The monoisotopic (exact) mass is 977 g/mol. The van der Waals surface area contributed by atoms with Gasteiger partial charge in [0.1, 0.15) is 28.6 Å². The van der Waals surface area contributed by atoms with Gasteiger partial charge in [0.2, 0.25) is 0 Å². The van der Waals surface area contributed by atoms with Gasteiger partial charge in [0, 0.05) is 45.9 Å². The summed E-state index contributed by atoms with van der Waals surface area (Å²) in [5, 5.41) is 9.38. The minimum Gasteiger partial charge on any atom is -0.508 e. The zero-order chi connectivity index (χ0) is 52.7. The number of aromatic hydroxyl groups is 1. The first kappa shape index (κ1) is 62.9. The Labute approximate surface area is 421 Å². The molecule has 0 fully saturated rings. The second kappa shape index (κ2) is 34.2. The summed E-state index contributed by atoms with van der Waals surface area (Å²) in [6.07, 6.45) is 3.56. The Morgan fingerprint density at radius 2 is 1.06 bits per heavy atom. The Balaban J connectivity index is 0.000000573. The van der Waals surface area contributed by atoms with Gasteiger partial charge in [-0.05, 0) is 164 Å². The number of carbonyl (C=O) groups excluding carboxylic acids is 2. The van der Waals surface area contributed by atoms with E-state index in [9.17, 15) is 14.7 Å². The number of unbranched alkanes of at least 4 members (excludes halogenated alkanes) is 1. The first-order chi connectivity index (χ1) is 33.2. The molecule has 12 nitrogen and oxygen atoms in total. The molecule has 0 heterocycles. The molecule has 392 valence electrons. The summed E-state index contributed by atoms with van der Waals surface area (Å²) in [5.41, 5.74) is 3.55. The zero-order valence-corrected chi connectivity index (χ0v) is 45.4.